The Bertz CT molecular complexity index is 1330. The van der Waals surface area contributed by atoms with Gasteiger partial charge in [-0.3, -0.25) is 14.5 Å². The van der Waals surface area contributed by atoms with Crippen LogP contribution in [0.5, 0.6) is 0 Å². The molecule has 0 radical (unpaired) electrons. The van der Waals surface area contributed by atoms with Gasteiger partial charge in [0.2, 0.25) is 5.76 Å². The number of hydrogen-bond donors (Lipinski definition) is 0. The molecule has 1 aliphatic heterocycles. The number of hydrogen-bond acceptors (Lipinski definition) is 5. The number of fused-ring (bicyclic) bond motifs is 2. The van der Waals surface area contributed by atoms with Crippen LogP contribution in [0.25, 0.3) is 11.0 Å². The Morgan fingerprint density at radius 3 is 2.59 bits per heavy atom. The van der Waals surface area contributed by atoms with E-state index < -0.39 is 11.9 Å². The van der Waals surface area contributed by atoms with Crippen molar-refractivity contribution in [3.8, 4) is 0 Å². The standard InChI is InChI=1S/C21H12Cl2N2O3S/c1-10-8-15-13(9-14(10)23)18(26)16-17(11-2-4-12(22)5-3-11)25(20(27)19(16)28-15)21-24-6-7-29-21/h2-9,17H,1H3/t17-/m1/s1. The normalized spacial score (nSPS) is 15.9. The van der Waals surface area contributed by atoms with Crippen LogP contribution in [0.2, 0.25) is 10.0 Å². The van der Waals surface area contributed by atoms with Crippen LogP contribution in [0.1, 0.15) is 33.3 Å². The lowest BCUT2D eigenvalue weighted by atomic mass is 9.98. The number of anilines is 1. The summed E-state index contributed by atoms with van der Waals surface area (Å²) in [5.74, 6) is -0.374. The Morgan fingerprint density at radius 1 is 1.14 bits per heavy atom. The fraction of sp³-hybridized carbons (Fsp3) is 0.0952. The van der Waals surface area contributed by atoms with Crippen molar-refractivity contribution in [2.45, 2.75) is 13.0 Å². The molecule has 1 atom stereocenters. The van der Waals surface area contributed by atoms with Crippen molar-refractivity contribution in [2.75, 3.05) is 4.90 Å². The Balaban J connectivity index is 1.84. The largest absolute Gasteiger partial charge is 0.450 e. The van der Waals surface area contributed by atoms with Gasteiger partial charge < -0.3 is 4.42 Å². The Morgan fingerprint density at radius 2 is 1.90 bits per heavy atom. The highest BCUT2D eigenvalue weighted by Crippen LogP contribution is 2.42. The van der Waals surface area contributed by atoms with E-state index in [9.17, 15) is 9.59 Å². The quantitative estimate of drug-likeness (QED) is 0.404. The number of aryl methyl sites for hydroxylation is 1. The molecule has 0 N–H and O–H groups in total. The molecule has 3 heterocycles. The molecule has 5 nitrogen and oxygen atoms in total. The average molecular weight is 443 g/mol. The summed E-state index contributed by atoms with van der Waals surface area (Å²) in [5, 5.41) is 3.63. The van der Waals surface area contributed by atoms with Gasteiger partial charge in [0.25, 0.3) is 5.91 Å². The van der Waals surface area contributed by atoms with Gasteiger partial charge in [0, 0.05) is 21.6 Å². The smallest absolute Gasteiger partial charge is 0.297 e. The van der Waals surface area contributed by atoms with Crippen LogP contribution < -0.4 is 10.3 Å². The van der Waals surface area contributed by atoms with Gasteiger partial charge in [0.15, 0.2) is 10.6 Å². The first kappa shape index (κ1) is 18.4. The Kier molecular flexibility index (Phi) is 4.24. The zero-order valence-electron chi connectivity index (χ0n) is 15.0. The molecule has 2 aromatic heterocycles. The van der Waals surface area contributed by atoms with Crippen LogP contribution in [0.3, 0.4) is 0 Å². The molecule has 1 aliphatic rings. The molecule has 8 heteroatoms. The van der Waals surface area contributed by atoms with E-state index in [-0.39, 0.29) is 16.8 Å². The zero-order valence-corrected chi connectivity index (χ0v) is 17.3. The molecule has 29 heavy (non-hydrogen) atoms. The summed E-state index contributed by atoms with van der Waals surface area (Å²) >= 11 is 13.6. The van der Waals surface area contributed by atoms with Crippen molar-refractivity contribution in [1.29, 1.82) is 0 Å². The molecule has 0 spiro atoms. The van der Waals surface area contributed by atoms with Gasteiger partial charge >= 0.3 is 0 Å². The lowest BCUT2D eigenvalue weighted by molar-refractivity contribution is 0.0971. The number of aromatic nitrogens is 1. The van der Waals surface area contributed by atoms with E-state index >= 15 is 0 Å². The molecular formula is C21H12Cl2N2O3S. The van der Waals surface area contributed by atoms with E-state index in [1.807, 2.05) is 6.92 Å². The van der Waals surface area contributed by atoms with Crippen molar-refractivity contribution < 1.29 is 9.21 Å². The second-order valence-corrected chi connectivity index (χ2v) is 8.43. The summed E-state index contributed by atoms with van der Waals surface area (Å²) in [7, 11) is 0. The van der Waals surface area contributed by atoms with Crippen molar-refractivity contribution in [3.05, 3.63) is 90.7 Å². The number of carbonyl (C=O) groups is 1. The third-order valence-corrected chi connectivity index (χ3v) is 6.39. The molecule has 144 valence electrons. The molecule has 0 fully saturated rings. The van der Waals surface area contributed by atoms with Crippen LogP contribution in [0.15, 0.2) is 57.2 Å². The molecule has 0 unspecified atom stereocenters. The Hall–Kier alpha value is -2.67. The first-order valence-corrected chi connectivity index (χ1v) is 10.3. The monoisotopic (exact) mass is 442 g/mol. The molecule has 0 saturated carbocycles. The van der Waals surface area contributed by atoms with Gasteiger partial charge in [-0.05, 0) is 42.3 Å². The second-order valence-electron chi connectivity index (χ2n) is 6.72. The van der Waals surface area contributed by atoms with Crippen molar-refractivity contribution in [2.24, 2.45) is 0 Å². The highest BCUT2D eigenvalue weighted by Gasteiger charge is 2.44. The van der Waals surface area contributed by atoms with Gasteiger partial charge in [-0.25, -0.2) is 4.98 Å². The third-order valence-electron chi connectivity index (χ3n) is 4.96. The summed E-state index contributed by atoms with van der Waals surface area (Å²) < 4.78 is 5.94. The van der Waals surface area contributed by atoms with Gasteiger partial charge in [-0.1, -0.05) is 35.3 Å². The van der Waals surface area contributed by atoms with E-state index in [1.54, 1.807) is 48.0 Å². The second kappa shape index (κ2) is 6.69. The van der Waals surface area contributed by atoms with Crippen LogP contribution in [-0.2, 0) is 0 Å². The van der Waals surface area contributed by atoms with E-state index in [0.717, 1.165) is 11.1 Å². The molecule has 0 saturated heterocycles. The van der Waals surface area contributed by atoms with Crippen LogP contribution in [-0.4, -0.2) is 10.9 Å². The maximum Gasteiger partial charge on any atom is 0.297 e. The summed E-state index contributed by atoms with van der Waals surface area (Å²) in [6.07, 6.45) is 1.62. The zero-order chi connectivity index (χ0) is 20.3. The predicted octanol–water partition coefficient (Wildman–Crippen LogP) is 5.61. The summed E-state index contributed by atoms with van der Waals surface area (Å²) in [4.78, 5) is 32.5. The molecule has 5 rings (SSSR count). The van der Waals surface area contributed by atoms with E-state index in [1.165, 1.54) is 16.2 Å². The predicted molar refractivity (Wildman–Crippen MR) is 114 cm³/mol. The fourth-order valence-corrected chi connectivity index (χ4v) is 4.54. The minimum atomic E-state index is -0.665. The van der Waals surface area contributed by atoms with Gasteiger partial charge in [-0.2, -0.15) is 0 Å². The maximum absolute atomic E-state index is 13.5. The Labute approximate surface area is 179 Å². The molecule has 0 bridgehead atoms. The first-order valence-electron chi connectivity index (χ1n) is 8.71. The molecule has 2 aromatic carbocycles. The summed E-state index contributed by atoms with van der Waals surface area (Å²) in [6.45, 7) is 1.81. The fourth-order valence-electron chi connectivity index (χ4n) is 3.59. The lowest BCUT2D eigenvalue weighted by Gasteiger charge is -2.22. The van der Waals surface area contributed by atoms with E-state index in [0.29, 0.717) is 26.1 Å². The third kappa shape index (κ3) is 2.79. The van der Waals surface area contributed by atoms with Crippen LogP contribution in [0, 0.1) is 6.92 Å². The molecular weight excluding hydrogens is 431 g/mol. The van der Waals surface area contributed by atoms with E-state index in [2.05, 4.69) is 4.98 Å². The summed E-state index contributed by atoms with van der Waals surface area (Å²) in [6, 6.07) is 9.64. The van der Waals surface area contributed by atoms with Crippen molar-refractivity contribution in [3.63, 3.8) is 0 Å². The van der Waals surface area contributed by atoms with Crippen LogP contribution in [0.4, 0.5) is 5.13 Å². The number of carbonyl (C=O) groups excluding carboxylic acids is 1. The number of nitrogens with zero attached hydrogens (tertiary/aromatic N) is 2. The van der Waals surface area contributed by atoms with Gasteiger partial charge in [0.1, 0.15) is 5.58 Å². The topological polar surface area (TPSA) is 63.4 Å². The number of thiazole rings is 1. The van der Waals surface area contributed by atoms with Crippen LogP contribution >= 0.6 is 34.5 Å². The highest BCUT2D eigenvalue weighted by molar-refractivity contribution is 7.13. The molecule has 4 aromatic rings. The number of rotatable bonds is 2. The minimum absolute atomic E-state index is 0.0272. The molecule has 1 amide bonds. The van der Waals surface area contributed by atoms with Gasteiger partial charge in [-0.15, -0.1) is 11.3 Å². The average Bonchev–Trinajstić information content (AvgIpc) is 3.31. The summed E-state index contributed by atoms with van der Waals surface area (Å²) in [5.41, 5.74) is 1.83. The highest BCUT2D eigenvalue weighted by atomic mass is 35.5. The van der Waals surface area contributed by atoms with Crippen molar-refractivity contribution >= 4 is 56.5 Å². The van der Waals surface area contributed by atoms with Gasteiger partial charge in [0.05, 0.1) is 17.0 Å². The van der Waals surface area contributed by atoms with E-state index in [4.69, 9.17) is 27.6 Å². The number of benzene rings is 2. The first-order chi connectivity index (χ1) is 14.0. The number of halogens is 2. The minimum Gasteiger partial charge on any atom is -0.450 e. The molecule has 0 aliphatic carbocycles. The maximum atomic E-state index is 13.5. The lowest BCUT2D eigenvalue weighted by Crippen LogP contribution is -2.29. The SMILES string of the molecule is Cc1cc2oc3c(c(=O)c2cc1Cl)[C@@H](c1ccc(Cl)cc1)N(c1nccs1)C3=O. The number of amides is 1. The van der Waals surface area contributed by atoms with Crippen molar-refractivity contribution in [1.82, 2.24) is 4.98 Å².